The average Bonchev–Trinajstić information content (AvgIpc) is 2.87. The first kappa shape index (κ1) is 24.6. The number of nitrogens with two attached hydrogens (primary N) is 1. The number of pyridine rings is 1. The van der Waals surface area contributed by atoms with Gasteiger partial charge in [-0.25, -0.2) is 29.6 Å². The molecule has 0 atom stereocenters. The molecule has 11 heteroatoms. The normalized spacial score (nSPS) is 14.4. The summed E-state index contributed by atoms with van der Waals surface area (Å²) in [6.45, 7) is 4.09. The van der Waals surface area contributed by atoms with Gasteiger partial charge in [-0.15, -0.1) is 0 Å². The average molecular weight is 487 g/mol. The lowest BCUT2D eigenvalue weighted by Gasteiger charge is -2.29. The van der Waals surface area contributed by atoms with Crippen LogP contribution < -0.4 is 20.2 Å². The van der Waals surface area contributed by atoms with Gasteiger partial charge in [-0.3, -0.25) is 0 Å². The molecule has 0 radical (unpaired) electrons. The van der Waals surface area contributed by atoms with Gasteiger partial charge >= 0.3 is 0 Å². The third kappa shape index (κ3) is 4.82. The van der Waals surface area contributed by atoms with Crippen molar-refractivity contribution in [3.8, 4) is 22.8 Å². The van der Waals surface area contributed by atoms with Crippen molar-refractivity contribution in [3.63, 3.8) is 0 Å². The number of aromatic nitrogens is 3. The lowest BCUT2D eigenvalue weighted by molar-refractivity contribution is 0.122. The Bertz CT molecular complexity index is 1230. The van der Waals surface area contributed by atoms with E-state index < -0.39 is 11.6 Å². The Balaban J connectivity index is 1.98. The van der Waals surface area contributed by atoms with Gasteiger partial charge in [-0.2, -0.15) is 0 Å². The minimum absolute atomic E-state index is 0.0792. The molecule has 1 fully saturated rings. The first-order valence-corrected chi connectivity index (χ1v) is 11.2. The van der Waals surface area contributed by atoms with Crippen LogP contribution in [0, 0.1) is 11.6 Å². The summed E-state index contributed by atoms with van der Waals surface area (Å²) in [5.41, 5.74) is 1.13. The second-order valence-corrected chi connectivity index (χ2v) is 8.02. The number of methoxy groups -OCH3 is 2. The molecule has 0 bridgehead atoms. The number of fused-ring (bicyclic) bond motifs is 1. The van der Waals surface area contributed by atoms with Crippen LogP contribution in [0.5, 0.6) is 11.5 Å². The number of hydrogen-bond acceptors (Lipinski definition) is 9. The van der Waals surface area contributed by atoms with Gasteiger partial charge in [0.1, 0.15) is 5.52 Å². The van der Waals surface area contributed by atoms with Crippen molar-refractivity contribution in [2.24, 2.45) is 5.84 Å². The van der Waals surface area contributed by atoms with Gasteiger partial charge in [-0.05, 0) is 12.5 Å². The van der Waals surface area contributed by atoms with Gasteiger partial charge in [-0.1, -0.05) is 6.92 Å². The molecular formula is C24H28F2N6O3. The number of anilines is 1. The molecule has 2 N–H and O–H groups in total. The second kappa shape index (κ2) is 10.4. The number of halogens is 2. The minimum Gasteiger partial charge on any atom is -0.494 e. The highest BCUT2D eigenvalue weighted by Crippen LogP contribution is 2.39. The summed E-state index contributed by atoms with van der Waals surface area (Å²) >= 11 is 0. The van der Waals surface area contributed by atoms with Crippen LogP contribution in [-0.4, -0.2) is 67.5 Å². The fourth-order valence-electron chi connectivity index (χ4n) is 3.96. The van der Waals surface area contributed by atoms with Crippen molar-refractivity contribution in [2.45, 2.75) is 13.3 Å². The molecule has 3 heterocycles. The molecule has 0 saturated carbocycles. The van der Waals surface area contributed by atoms with Crippen LogP contribution in [0.15, 0.2) is 24.5 Å². The first-order chi connectivity index (χ1) is 16.9. The van der Waals surface area contributed by atoms with Crippen LogP contribution in [0.25, 0.3) is 27.7 Å². The summed E-state index contributed by atoms with van der Waals surface area (Å²) in [5, 5.41) is 2.02. The van der Waals surface area contributed by atoms with Crippen LogP contribution in [0.2, 0.25) is 0 Å². The molecule has 0 amide bonds. The molecule has 35 heavy (non-hydrogen) atoms. The van der Waals surface area contributed by atoms with Crippen LogP contribution in [0.1, 0.15) is 19.2 Å². The fraction of sp³-hybridized carbons (Fsp3) is 0.375. The molecule has 4 rings (SSSR count). The van der Waals surface area contributed by atoms with Crippen molar-refractivity contribution in [1.82, 2.24) is 20.0 Å². The van der Waals surface area contributed by atoms with E-state index in [0.717, 1.165) is 5.57 Å². The van der Waals surface area contributed by atoms with Crippen molar-refractivity contribution in [2.75, 3.05) is 52.5 Å². The highest BCUT2D eigenvalue weighted by molar-refractivity contribution is 5.92. The summed E-state index contributed by atoms with van der Waals surface area (Å²) in [6.07, 6.45) is 4.04. The number of morpholine rings is 1. The monoisotopic (exact) mass is 486 g/mol. The van der Waals surface area contributed by atoms with Crippen molar-refractivity contribution in [1.29, 1.82) is 0 Å². The fourth-order valence-corrected chi connectivity index (χ4v) is 3.96. The smallest absolute Gasteiger partial charge is 0.177 e. The van der Waals surface area contributed by atoms with Crippen molar-refractivity contribution in [3.05, 3.63) is 42.0 Å². The number of hydrazine groups is 1. The molecule has 186 valence electrons. The summed E-state index contributed by atoms with van der Waals surface area (Å²) in [5.74, 6) is 4.75. The quantitative estimate of drug-likeness (QED) is 0.398. The van der Waals surface area contributed by atoms with E-state index in [1.165, 1.54) is 25.3 Å². The van der Waals surface area contributed by atoms with Gasteiger partial charge in [0.25, 0.3) is 0 Å². The molecule has 0 spiro atoms. The Morgan fingerprint density at radius 2 is 1.80 bits per heavy atom. The van der Waals surface area contributed by atoms with Crippen LogP contribution >= 0.6 is 0 Å². The second-order valence-electron chi connectivity index (χ2n) is 8.02. The van der Waals surface area contributed by atoms with Gasteiger partial charge < -0.3 is 24.1 Å². The zero-order valence-corrected chi connectivity index (χ0v) is 20.1. The Kier molecular flexibility index (Phi) is 7.27. The molecule has 1 aromatic carbocycles. The van der Waals surface area contributed by atoms with E-state index in [-0.39, 0.29) is 22.8 Å². The Morgan fingerprint density at radius 1 is 1.14 bits per heavy atom. The number of ether oxygens (including phenoxy) is 3. The van der Waals surface area contributed by atoms with Gasteiger partial charge in [0.15, 0.2) is 34.8 Å². The molecule has 0 unspecified atom stereocenters. The Morgan fingerprint density at radius 3 is 2.37 bits per heavy atom. The topological polar surface area (TPSA) is 98.9 Å². The zero-order chi connectivity index (χ0) is 25.1. The van der Waals surface area contributed by atoms with E-state index in [4.69, 9.17) is 25.0 Å². The van der Waals surface area contributed by atoms with E-state index in [9.17, 15) is 0 Å². The van der Waals surface area contributed by atoms with E-state index in [0.29, 0.717) is 55.3 Å². The summed E-state index contributed by atoms with van der Waals surface area (Å²) in [6, 6.07) is 2.73. The van der Waals surface area contributed by atoms with Crippen molar-refractivity contribution < 1.29 is 23.0 Å². The third-order valence-electron chi connectivity index (χ3n) is 5.72. The van der Waals surface area contributed by atoms with Crippen molar-refractivity contribution >= 4 is 22.3 Å². The lowest BCUT2D eigenvalue weighted by Crippen LogP contribution is -2.37. The number of hydrogen-bond donors (Lipinski definition) is 1. The molecule has 1 aliphatic rings. The van der Waals surface area contributed by atoms with E-state index >= 15 is 8.78 Å². The third-order valence-corrected chi connectivity index (χ3v) is 5.72. The van der Waals surface area contributed by atoms with Crippen LogP contribution in [0.4, 0.5) is 14.6 Å². The van der Waals surface area contributed by atoms with Crippen LogP contribution in [-0.2, 0) is 4.74 Å². The van der Waals surface area contributed by atoms with Gasteiger partial charge in [0, 0.05) is 49.6 Å². The Labute approximate surface area is 202 Å². The van der Waals surface area contributed by atoms with E-state index in [1.807, 2.05) is 11.8 Å². The number of allylic oxidation sites excluding steroid dienone is 1. The number of rotatable bonds is 7. The highest BCUT2D eigenvalue weighted by Gasteiger charge is 2.26. The lowest BCUT2D eigenvalue weighted by atomic mass is 10.1. The van der Waals surface area contributed by atoms with E-state index in [2.05, 4.69) is 9.97 Å². The molecule has 1 saturated heterocycles. The molecule has 1 aliphatic heterocycles. The van der Waals surface area contributed by atoms with E-state index in [1.54, 1.807) is 25.5 Å². The molecule has 9 nitrogen and oxygen atoms in total. The maximum atomic E-state index is 15.3. The molecule has 0 aliphatic carbocycles. The largest absolute Gasteiger partial charge is 0.494 e. The predicted octanol–water partition coefficient (Wildman–Crippen LogP) is 3.38. The highest BCUT2D eigenvalue weighted by atomic mass is 19.1. The minimum atomic E-state index is -0.870. The SMILES string of the molecule is CC/C(=C\N(C)N)c1ncc2cc(-c3c(F)c(OC)cc(OC)c3F)nc(N3CCOCC3)c2n1. The van der Waals surface area contributed by atoms with Gasteiger partial charge in [0.2, 0.25) is 0 Å². The summed E-state index contributed by atoms with van der Waals surface area (Å²) < 4.78 is 46.3. The van der Waals surface area contributed by atoms with Crippen LogP contribution in [0.3, 0.4) is 0 Å². The first-order valence-electron chi connectivity index (χ1n) is 11.2. The summed E-state index contributed by atoms with van der Waals surface area (Å²) in [4.78, 5) is 16.0. The standard InChI is InChI=1S/C24H28F2N6O3/c1-5-14(13-31(2)27)23-28-12-15-10-16(19-20(25)17(33-3)11-18(34-4)21(19)26)29-24(22(15)30-23)32-6-8-35-9-7-32/h10-13H,5-9,27H2,1-4H3/b14-13+. The number of nitrogens with zero attached hydrogens (tertiary/aromatic N) is 5. The molecule has 3 aromatic rings. The zero-order valence-electron chi connectivity index (χ0n) is 20.1. The summed E-state index contributed by atoms with van der Waals surface area (Å²) in [7, 11) is 4.33. The molecule has 2 aromatic heterocycles. The molecular weight excluding hydrogens is 458 g/mol. The predicted molar refractivity (Wildman–Crippen MR) is 129 cm³/mol. The maximum Gasteiger partial charge on any atom is 0.177 e. The Hall–Kier alpha value is -3.57. The number of benzene rings is 1. The maximum absolute atomic E-state index is 15.3. The van der Waals surface area contributed by atoms with Gasteiger partial charge in [0.05, 0.1) is 38.7 Å².